The van der Waals surface area contributed by atoms with Crippen LogP contribution in [-0.4, -0.2) is 24.8 Å². The Bertz CT molecular complexity index is 342. The van der Waals surface area contributed by atoms with Crippen molar-refractivity contribution in [1.29, 1.82) is 0 Å². The Morgan fingerprint density at radius 1 is 1.50 bits per heavy atom. The predicted molar refractivity (Wildman–Crippen MR) is 68.9 cm³/mol. The molecule has 16 heavy (non-hydrogen) atoms. The van der Waals surface area contributed by atoms with Gasteiger partial charge in [0.1, 0.15) is 0 Å². The van der Waals surface area contributed by atoms with Crippen LogP contribution in [0.4, 0.5) is 5.69 Å². The first-order chi connectivity index (χ1) is 7.54. The summed E-state index contributed by atoms with van der Waals surface area (Å²) in [6.45, 7) is 3.06. The third kappa shape index (κ3) is 3.67. The van der Waals surface area contributed by atoms with Gasteiger partial charge in [-0.15, -0.1) is 0 Å². The number of anilines is 1. The predicted octanol–water partition coefficient (Wildman–Crippen LogP) is 2.01. The average molecular weight is 243 g/mol. The molecule has 0 amide bonds. The van der Waals surface area contributed by atoms with Gasteiger partial charge in [0.15, 0.2) is 0 Å². The standard InChI is InChI=1S/C12H19ClN2O/c1-9(16)5-6-15(2)12-7-11(13)4-3-10(12)8-14/h3-4,7,9,16H,5-6,8,14H2,1-2H3. The molecule has 0 spiro atoms. The summed E-state index contributed by atoms with van der Waals surface area (Å²) in [5.41, 5.74) is 7.78. The summed E-state index contributed by atoms with van der Waals surface area (Å²) in [5, 5.41) is 9.96. The van der Waals surface area contributed by atoms with Gasteiger partial charge in [0, 0.05) is 30.8 Å². The molecule has 3 nitrogen and oxygen atoms in total. The Morgan fingerprint density at radius 3 is 2.75 bits per heavy atom. The van der Waals surface area contributed by atoms with Crippen molar-refractivity contribution in [1.82, 2.24) is 0 Å². The van der Waals surface area contributed by atoms with Gasteiger partial charge in [-0.2, -0.15) is 0 Å². The highest BCUT2D eigenvalue weighted by molar-refractivity contribution is 6.30. The number of hydrogen-bond donors (Lipinski definition) is 2. The number of nitrogens with zero attached hydrogens (tertiary/aromatic N) is 1. The van der Waals surface area contributed by atoms with Crippen molar-refractivity contribution in [2.75, 3.05) is 18.5 Å². The van der Waals surface area contributed by atoms with Gasteiger partial charge in [-0.25, -0.2) is 0 Å². The molecule has 3 N–H and O–H groups in total. The fourth-order valence-electron chi connectivity index (χ4n) is 1.57. The smallest absolute Gasteiger partial charge is 0.0528 e. The molecule has 0 radical (unpaired) electrons. The minimum Gasteiger partial charge on any atom is -0.393 e. The molecule has 90 valence electrons. The van der Waals surface area contributed by atoms with Crippen LogP contribution in [0.1, 0.15) is 18.9 Å². The van der Waals surface area contributed by atoms with Crippen molar-refractivity contribution >= 4 is 17.3 Å². The number of rotatable bonds is 5. The lowest BCUT2D eigenvalue weighted by atomic mass is 10.1. The van der Waals surface area contributed by atoms with Gasteiger partial charge >= 0.3 is 0 Å². The van der Waals surface area contributed by atoms with Gasteiger partial charge in [-0.1, -0.05) is 17.7 Å². The van der Waals surface area contributed by atoms with Crippen LogP contribution in [0.2, 0.25) is 5.02 Å². The molecular formula is C12H19ClN2O. The highest BCUT2D eigenvalue weighted by Crippen LogP contribution is 2.24. The number of benzene rings is 1. The first-order valence-corrected chi connectivity index (χ1v) is 5.80. The lowest BCUT2D eigenvalue weighted by molar-refractivity contribution is 0.187. The van der Waals surface area contributed by atoms with Gasteiger partial charge in [-0.05, 0) is 31.0 Å². The Kier molecular flexibility index (Phi) is 5.06. The van der Waals surface area contributed by atoms with E-state index in [4.69, 9.17) is 17.3 Å². The molecule has 0 heterocycles. The first-order valence-electron chi connectivity index (χ1n) is 5.42. The second-order valence-corrected chi connectivity index (χ2v) is 4.47. The monoisotopic (exact) mass is 242 g/mol. The molecule has 4 heteroatoms. The Morgan fingerprint density at radius 2 is 2.19 bits per heavy atom. The second kappa shape index (κ2) is 6.09. The van der Waals surface area contributed by atoms with E-state index < -0.39 is 0 Å². The summed E-state index contributed by atoms with van der Waals surface area (Å²) in [6.07, 6.45) is 0.440. The fraction of sp³-hybridized carbons (Fsp3) is 0.500. The van der Waals surface area contributed by atoms with E-state index in [1.807, 2.05) is 25.2 Å². The third-order valence-corrected chi connectivity index (χ3v) is 2.80. The zero-order chi connectivity index (χ0) is 12.1. The fourth-order valence-corrected chi connectivity index (χ4v) is 1.73. The van der Waals surface area contributed by atoms with Gasteiger partial charge in [-0.3, -0.25) is 0 Å². The third-order valence-electron chi connectivity index (χ3n) is 2.56. The largest absolute Gasteiger partial charge is 0.393 e. The molecule has 1 atom stereocenters. The molecule has 0 aliphatic rings. The molecule has 0 bridgehead atoms. The zero-order valence-electron chi connectivity index (χ0n) is 9.78. The van der Waals surface area contributed by atoms with Gasteiger partial charge in [0.05, 0.1) is 6.10 Å². The molecule has 1 aromatic carbocycles. The topological polar surface area (TPSA) is 49.5 Å². The van der Waals surface area contributed by atoms with E-state index in [-0.39, 0.29) is 6.10 Å². The van der Waals surface area contributed by atoms with E-state index in [9.17, 15) is 5.11 Å². The van der Waals surface area contributed by atoms with Gasteiger partial charge in [0.25, 0.3) is 0 Å². The summed E-state index contributed by atoms with van der Waals surface area (Å²) in [7, 11) is 1.98. The number of aliphatic hydroxyl groups is 1. The lowest BCUT2D eigenvalue weighted by Gasteiger charge is -2.23. The highest BCUT2D eigenvalue weighted by Gasteiger charge is 2.08. The van der Waals surface area contributed by atoms with E-state index in [0.717, 1.165) is 24.2 Å². The maximum Gasteiger partial charge on any atom is 0.0528 e. The summed E-state index contributed by atoms with van der Waals surface area (Å²) in [4.78, 5) is 2.07. The second-order valence-electron chi connectivity index (χ2n) is 4.04. The molecular weight excluding hydrogens is 224 g/mol. The van der Waals surface area contributed by atoms with Crippen molar-refractivity contribution in [3.8, 4) is 0 Å². The lowest BCUT2D eigenvalue weighted by Crippen LogP contribution is -2.23. The van der Waals surface area contributed by atoms with Crippen LogP contribution >= 0.6 is 11.6 Å². The summed E-state index contributed by atoms with van der Waals surface area (Å²) in [6, 6.07) is 5.69. The maximum absolute atomic E-state index is 9.25. The SMILES string of the molecule is CC(O)CCN(C)c1cc(Cl)ccc1CN. The van der Waals surface area contributed by atoms with Crippen molar-refractivity contribution in [2.45, 2.75) is 26.0 Å². The van der Waals surface area contributed by atoms with Crippen LogP contribution in [0, 0.1) is 0 Å². The van der Waals surface area contributed by atoms with Crippen LogP contribution in [0.15, 0.2) is 18.2 Å². The van der Waals surface area contributed by atoms with Crippen LogP contribution in [-0.2, 0) is 6.54 Å². The minimum absolute atomic E-state index is 0.289. The Hall–Kier alpha value is -0.770. The molecule has 0 aliphatic heterocycles. The number of aliphatic hydroxyl groups excluding tert-OH is 1. The van der Waals surface area contributed by atoms with Crippen molar-refractivity contribution in [2.24, 2.45) is 5.73 Å². The number of halogens is 1. The van der Waals surface area contributed by atoms with Crippen LogP contribution in [0.25, 0.3) is 0 Å². The quantitative estimate of drug-likeness (QED) is 0.831. The molecule has 0 fully saturated rings. The minimum atomic E-state index is -0.289. The summed E-state index contributed by atoms with van der Waals surface area (Å²) >= 11 is 5.96. The maximum atomic E-state index is 9.25. The van der Waals surface area contributed by atoms with Crippen molar-refractivity contribution in [3.63, 3.8) is 0 Å². The van der Waals surface area contributed by atoms with E-state index in [2.05, 4.69) is 4.90 Å². The molecule has 1 aromatic rings. The van der Waals surface area contributed by atoms with E-state index in [1.165, 1.54) is 0 Å². The molecule has 1 rings (SSSR count). The Labute approximate surface area is 102 Å². The number of hydrogen-bond acceptors (Lipinski definition) is 3. The van der Waals surface area contributed by atoms with Gasteiger partial charge < -0.3 is 15.7 Å². The van der Waals surface area contributed by atoms with Crippen molar-refractivity contribution in [3.05, 3.63) is 28.8 Å². The summed E-state index contributed by atoms with van der Waals surface area (Å²) in [5.74, 6) is 0. The zero-order valence-corrected chi connectivity index (χ0v) is 10.5. The summed E-state index contributed by atoms with van der Waals surface area (Å²) < 4.78 is 0. The number of nitrogens with two attached hydrogens (primary N) is 1. The van der Waals surface area contributed by atoms with E-state index in [1.54, 1.807) is 6.92 Å². The highest BCUT2D eigenvalue weighted by atomic mass is 35.5. The van der Waals surface area contributed by atoms with E-state index >= 15 is 0 Å². The van der Waals surface area contributed by atoms with Crippen molar-refractivity contribution < 1.29 is 5.11 Å². The Balaban J connectivity index is 2.80. The normalized spacial score (nSPS) is 12.6. The van der Waals surface area contributed by atoms with Gasteiger partial charge in [0.2, 0.25) is 0 Å². The molecule has 0 aromatic heterocycles. The molecule has 1 unspecified atom stereocenters. The molecule has 0 aliphatic carbocycles. The average Bonchev–Trinajstić information content (AvgIpc) is 2.25. The molecule has 0 saturated heterocycles. The first kappa shape index (κ1) is 13.3. The van der Waals surface area contributed by atoms with Crippen LogP contribution in [0.3, 0.4) is 0 Å². The molecule has 0 saturated carbocycles. The van der Waals surface area contributed by atoms with Crippen LogP contribution in [0.5, 0.6) is 0 Å². The van der Waals surface area contributed by atoms with E-state index in [0.29, 0.717) is 11.6 Å². The van der Waals surface area contributed by atoms with Crippen LogP contribution < -0.4 is 10.6 Å².